The van der Waals surface area contributed by atoms with Crippen molar-refractivity contribution in [3.8, 4) is 0 Å². The van der Waals surface area contributed by atoms with Gasteiger partial charge in [0.15, 0.2) is 0 Å². The van der Waals surface area contributed by atoms with Gasteiger partial charge < -0.3 is 15.0 Å². The molecule has 0 radical (unpaired) electrons. The number of aryl methyl sites for hydroxylation is 1. The van der Waals surface area contributed by atoms with Gasteiger partial charge in [0.2, 0.25) is 0 Å². The molecule has 1 N–H and O–H groups in total. The van der Waals surface area contributed by atoms with Gasteiger partial charge in [-0.3, -0.25) is 4.79 Å². The van der Waals surface area contributed by atoms with Crippen LogP contribution in [0.3, 0.4) is 0 Å². The fourth-order valence-electron chi connectivity index (χ4n) is 2.11. The number of nitrogens with zero attached hydrogens (tertiary/aromatic N) is 3. The molecule has 0 atom stereocenters. The van der Waals surface area contributed by atoms with E-state index in [4.69, 9.17) is 4.74 Å². The number of hydrogen-bond donors (Lipinski definition) is 1. The molecule has 2 heterocycles. The average Bonchev–Trinajstić information content (AvgIpc) is 3.23. The van der Waals surface area contributed by atoms with Gasteiger partial charge in [-0.1, -0.05) is 0 Å². The Morgan fingerprint density at radius 3 is 2.79 bits per heavy atom. The van der Waals surface area contributed by atoms with Gasteiger partial charge in [0, 0.05) is 25.2 Å². The smallest absolute Gasteiger partial charge is 0.270 e. The Bertz CT molecular complexity index is 482. The van der Waals surface area contributed by atoms with Crippen molar-refractivity contribution in [2.24, 2.45) is 0 Å². The van der Waals surface area contributed by atoms with Crippen LogP contribution in [0.15, 0.2) is 6.07 Å². The monoisotopic (exact) mass is 262 g/mol. The van der Waals surface area contributed by atoms with Crippen LogP contribution in [-0.2, 0) is 4.74 Å². The van der Waals surface area contributed by atoms with E-state index in [0.717, 1.165) is 31.7 Å². The largest absolute Gasteiger partial charge is 0.378 e. The molecule has 1 amide bonds. The Morgan fingerprint density at radius 2 is 2.11 bits per heavy atom. The van der Waals surface area contributed by atoms with Gasteiger partial charge in [-0.15, -0.1) is 0 Å². The number of anilines is 1. The van der Waals surface area contributed by atoms with Crippen molar-refractivity contribution >= 4 is 11.7 Å². The predicted molar refractivity (Wildman–Crippen MR) is 70.3 cm³/mol. The summed E-state index contributed by atoms with van der Waals surface area (Å²) >= 11 is 0. The summed E-state index contributed by atoms with van der Waals surface area (Å²) in [5, 5.41) is 2.96. The molecule has 1 saturated heterocycles. The second-order valence-electron chi connectivity index (χ2n) is 5.01. The van der Waals surface area contributed by atoms with Gasteiger partial charge in [-0.25, -0.2) is 9.97 Å². The SMILES string of the molecule is Cc1nc(C(=O)NC2CC2)cc(N2CCOCC2)n1. The Morgan fingerprint density at radius 1 is 1.37 bits per heavy atom. The Hall–Kier alpha value is -1.69. The first kappa shape index (κ1) is 12.3. The minimum Gasteiger partial charge on any atom is -0.378 e. The van der Waals surface area contributed by atoms with Crippen LogP contribution in [0.5, 0.6) is 0 Å². The molecule has 19 heavy (non-hydrogen) atoms. The summed E-state index contributed by atoms with van der Waals surface area (Å²) in [5.41, 5.74) is 0.459. The molecule has 1 aromatic rings. The zero-order valence-corrected chi connectivity index (χ0v) is 11.1. The molecule has 3 rings (SSSR count). The van der Waals surface area contributed by atoms with Gasteiger partial charge in [0.05, 0.1) is 13.2 Å². The number of morpholine rings is 1. The number of ether oxygens (including phenoxy) is 1. The lowest BCUT2D eigenvalue weighted by molar-refractivity contribution is 0.0945. The van der Waals surface area contributed by atoms with Crippen LogP contribution in [0.4, 0.5) is 5.82 Å². The van der Waals surface area contributed by atoms with E-state index in [1.165, 1.54) is 0 Å². The van der Waals surface area contributed by atoms with E-state index in [9.17, 15) is 4.79 Å². The first-order valence-corrected chi connectivity index (χ1v) is 6.71. The summed E-state index contributed by atoms with van der Waals surface area (Å²) in [7, 11) is 0. The molecule has 6 heteroatoms. The maximum atomic E-state index is 12.0. The number of nitrogens with one attached hydrogen (secondary N) is 1. The highest BCUT2D eigenvalue weighted by Crippen LogP contribution is 2.20. The van der Waals surface area contributed by atoms with Gasteiger partial charge in [-0.05, 0) is 19.8 Å². The topological polar surface area (TPSA) is 67.4 Å². The zero-order valence-electron chi connectivity index (χ0n) is 11.1. The first-order valence-electron chi connectivity index (χ1n) is 6.71. The minimum absolute atomic E-state index is 0.0949. The van der Waals surface area contributed by atoms with Crippen molar-refractivity contribution in [2.75, 3.05) is 31.2 Å². The number of aromatic nitrogens is 2. The maximum absolute atomic E-state index is 12.0. The molecule has 1 saturated carbocycles. The van der Waals surface area contributed by atoms with Crippen molar-refractivity contribution in [1.82, 2.24) is 15.3 Å². The van der Waals surface area contributed by atoms with Gasteiger partial charge in [0.25, 0.3) is 5.91 Å². The van der Waals surface area contributed by atoms with Crippen molar-refractivity contribution in [2.45, 2.75) is 25.8 Å². The normalized spacial score (nSPS) is 19.3. The zero-order chi connectivity index (χ0) is 13.2. The standard InChI is InChI=1S/C13H18N4O2/c1-9-14-11(13(18)16-10-2-3-10)8-12(15-9)17-4-6-19-7-5-17/h8,10H,2-7H2,1H3,(H,16,18). The first-order chi connectivity index (χ1) is 9.22. The Kier molecular flexibility index (Phi) is 3.33. The second kappa shape index (κ2) is 5.13. The van der Waals surface area contributed by atoms with Crippen molar-refractivity contribution in [1.29, 1.82) is 0 Å². The number of amides is 1. The fraction of sp³-hybridized carbons (Fsp3) is 0.615. The van der Waals surface area contributed by atoms with E-state index in [-0.39, 0.29) is 5.91 Å². The Balaban J connectivity index is 1.79. The van der Waals surface area contributed by atoms with E-state index in [2.05, 4.69) is 20.2 Å². The Labute approximate surface area is 112 Å². The molecule has 6 nitrogen and oxygen atoms in total. The summed E-state index contributed by atoms with van der Waals surface area (Å²) < 4.78 is 5.33. The number of hydrogen-bond acceptors (Lipinski definition) is 5. The average molecular weight is 262 g/mol. The van der Waals surface area contributed by atoms with Gasteiger partial charge in [0.1, 0.15) is 17.3 Å². The van der Waals surface area contributed by atoms with Gasteiger partial charge in [-0.2, -0.15) is 0 Å². The molecular formula is C13H18N4O2. The molecule has 0 bridgehead atoms. The quantitative estimate of drug-likeness (QED) is 0.860. The third kappa shape index (κ3) is 3.01. The molecule has 1 aliphatic carbocycles. The third-order valence-corrected chi connectivity index (χ3v) is 3.30. The third-order valence-electron chi connectivity index (χ3n) is 3.30. The molecule has 0 aromatic carbocycles. The number of carbonyl (C=O) groups excluding carboxylic acids is 1. The van der Waals surface area contributed by atoms with Crippen LogP contribution >= 0.6 is 0 Å². The predicted octanol–water partition coefficient (Wildman–Crippen LogP) is 0.514. The molecule has 102 valence electrons. The van der Waals surface area contributed by atoms with E-state index >= 15 is 0 Å². The minimum atomic E-state index is -0.0949. The summed E-state index contributed by atoms with van der Waals surface area (Å²) in [6.07, 6.45) is 2.15. The second-order valence-corrected chi connectivity index (χ2v) is 5.01. The molecule has 1 aliphatic heterocycles. The fourth-order valence-corrected chi connectivity index (χ4v) is 2.11. The summed E-state index contributed by atoms with van der Waals surface area (Å²) in [6.45, 7) is 4.83. The van der Waals surface area contributed by atoms with Crippen LogP contribution in [0.1, 0.15) is 29.2 Å². The lowest BCUT2D eigenvalue weighted by atomic mass is 10.3. The highest BCUT2D eigenvalue weighted by molar-refractivity contribution is 5.93. The van der Waals surface area contributed by atoms with Crippen LogP contribution in [-0.4, -0.2) is 48.2 Å². The van der Waals surface area contributed by atoms with E-state index in [1.807, 2.05) is 6.92 Å². The van der Waals surface area contributed by atoms with Crippen LogP contribution in [0.25, 0.3) is 0 Å². The van der Waals surface area contributed by atoms with Crippen LogP contribution in [0, 0.1) is 6.92 Å². The molecule has 0 spiro atoms. The highest BCUT2D eigenvalue weighted by Gasteiger charge is 2.25. The van der Waals surface area contributed by atoms with E-state index in [0.29, 0.717) is 30.8 Å². The molecule has 1 aromatic heterocycles. The van der Waals surface area contributed by atoms with Crippen LogP contribution in [0.2, 0.25) is 0 Å². The van der Waals surface area contributed by atoms with Crippen molar-refractivity contribution < 1.29 is 9.53 Å². The summed E-state index contributed by atoms with van der Waals surface area (Å²) in [4.78, 5) is 22.8. The van der Waals surface area contributed by atoms with Gasteiger partial charge >= 0.3 is 0 Å². The van der Waals surface area contributed by atoms with E-state index < -0.39 is 0 Å². The lowest BCUT2D eigenvalue weighted by Gasteiger charge is -2.28. The molecule has 2 aliphatic rings. The van der Waals surface area contributed by atoms with Crippen molar-refractivity contribution in [3.63, 3.8) is 0 Å². The highest BCUT2D eigenvalue weighted by atomic mass is 16.5. The maximum Gasteiger partial charge on any atom is 0.270 e. The molecule has 2 fully saturated rings. The molecular weight excluding hydrogens is 244 g/mol. The van der Waals surface area contributed by atoms with Crippen LogP contribution < -0.4 is 10.2 Å². The summed E-state index contributed by atoms with van der Waals surface area (Å²) in [6, 6.07) is 2.12. The van der Waals surface area contributed by atoms with E-state index in [1.54, 1.807) is 6.07 Å². The number of carbonyl (C=O) groups is 1. The summed E-state index contributed by atoms with van der Waals surface area (Å²) in [5.74, 6) is 1.35. The number of rotatable bonds is 3. The molecule has 0 unspecified atom stereocenters. The van der Waals surface area contributed by atoms with Crippen molar-refractivity contribution in [3.05, 3.63) is 17.6 Å². The lowest BCUT2D eigenvalue weighted by Crippen LogP contribution is -2.37.